The van der Waals surface area contributed by atoms with Crippen LogP contribution in [0.5, 0.6) is 0 Å². The standard InChI is InChI=1S/C22H22ClN3O2/c23-21-15-19(18-3-1-2-4-20(18)25-21)22(27)24-17-7-5-16(6-8-17)9-10-26-11-13-28-14-12-26/h1-8,15H,9-14H2,(H,24,27). The van der Waals surface area contributed by atoms with Crippen LogP contribution in [-0.2, 0) is 11.2 Å². The highest BCUT2D eigenvalue weighted by atomic mass is 35.5. The molecule has 2 aromatic carbocycles. The Morgan fingerprint density at radius 3 is 2.64 bits per heavy atom. The van der Waals surface area contributed by atoms with Gasteiger partial charge in [0.15, 0.2) is 0 Å². The number of anilines is 1. The molecule has 28 heavy (non-hydrogen) atoms. The predicted octanol–water partition coefficient (Wildman–Crippen LogP) is 4.02. The van der Waals surface area contributed by atoms with E-state index in [0.717, 1.165) is 50.3 Å². The molecule has 0 radical (unpaired) electrons. The molecule has 0 spiro atoms. The van der Waals surface area contributed by atoms with E-state index in [0.29, 0.717) is 16.2 Å². The van der Waals surface area contributed by atoms with E-state index in [1.807, 2.05) is 36.4 Å². The lowest BCUT2D eigenvalue weighted by Gasteiger charge is -2.26. The van der Waals surface area contributed by atoms with Crippen LogP contribution in [0.15, 0.2) is 54.6 Å². The number of hydrogen-bond acceptors (Lipinski definition) is 4. The number of benzene rings is 2. The summed E-state index contributed by atoms with van der Waals surface area (Å²) in [5.74, 6) is -0.193. The fourth-order valence-corrected chi connectivity index (χ4v) is 3.60. The van der Waals surface area contributed by atoms with Crippen molar-refractivity contribution in [3.8, 4) is 0 Å². The number of nitrogens with one attached hydrogen (secondary N) is 1. The Morgan fingerprint density at radius 2 is 1.86 bits per heavy atom. The van der Waals surface area contributed by atoms with Gasteiger partial charge in [0.25, 0.3) is 5.91 Å². The Kier molecular flexibility index (Phi) is 5.86. The van der Waals surface area contributed by atoms with Crippen LogP contribution in [0.25, 0.3) is 10.9 Å². The molecule has 0 saturated carbocycles. The van der Waals surface area contributed by atoms with Gasteiger partial charge in [-0.2, -0.15) is 0 Å². The number of fused-ring (bicyclic) bond motifs is 1. The van der Waals surface area contributed by atoms with E-state index in [4.69, 9.17) is 16.3 Å². The quantitative estimate of drug-likeness (QED) is 0.663. The van der Waals surface area contributed by atoms with Gasteiger partial charge >= 0.3 is 0 Å². The fraction of sp³-hybridized carbons (Fsp3) is 0.273. The number of para-hydroxylation sites is 1. The van der Waals surface area contributed by atoms with E-state index in [1.165, 1.54) is 5.56 Å². The van der Waals surface area contributed by atoms with Crippen molar-refractivity contribution in [2.45, 2.75) is 6.42 Å². The smallest absolute Gasteiger partial charge is 0.256 e. The van der Waals surface area contributed by atoms with Crippen molar-refractivity contribution in [2.24, 2.45) is 0 Å². The van der Waals surface area contributed by atoms with Gasteiger partial charge in [-0.15, -0.1) is 0 Å². The maximum Gasteiger partial charge on any atom is 0.256 e. The first-order chi connectivity index (χ1) is 13.7. The van der Waals surface area contributed by atoms with Gasteiger partial charge in [0.05, 0.1) is 24.3 Å². The van der Waals surface area contributed by atoms with Crippen LogP contribution >= 0.6 is 11.6 Å². The molecule has 1 saturated heterocycles. The molecule has 4 rings (SSSR count). The number of morpholine rings is 1. The zero-order valence-corrected chi connectivity index (χ0v) is 16.3. The summed E-state index contributed by atoms with van der Waals surface area (Å²) in [6.45, 7) is 4.65. The van der Waals surface area contributed by atoms with E-state index in [9.17, 15) is 4.79 Å². The third-order valence-electron chi connectivity index (χ3n) is 4.96. The van der Waals surface area contributed by atoms with Crippen molar-refractivity contribution >= 4 is 34.1 Å². The molecule has 1 aliphatic heterocycles. The summed E-state index contributed by atoms with van der Waals surface area (Å²) in [5, 5.41) is 4.05. The monoisotopic (exact) mass is 395 g/mol. The van der Waals surface area contributed by atoms with Gasteiger partial charge in [-0.25, -0.2) is 4.98 Å². The minimum absolute atomic E-state index is 0.193. The minimum Gasteiger partial charge on any atom is -0.379 e. The second kappa shape index (κ2) is 8.69. The summed E-state index contributed by atoms with van der Waals surface area (Å²) >= 11 is 6.09. The summed E-state index contributed by atoms with van der Waals surface area (Å²) in [4.78, 5) is 19.5. The summed E-state index contributed by atoms with van der Waals surface area (Å²) in [5.41, 5.74) is 3.24. The molecule has 0 bridgehead atoms. The van der Waals surface area contributed by atoms with Crippen molar-refractivity contribution < 1.29 is 9.53 Å². The van der Waals surface area contributed by atoms with Gasteiger partial charge in [-0.1, -0.05) is 41.9 Å². The van der Waals surface area contributed by atoms with Gasteiger partial charge < -0.3 is 10.1 Å². The Balaban J connectivity index is 1.42. The maximum absolute atomic E-state index is 12.8. The molecule has 1 amide bonds. The Morgan fingerprint density at radius 1 is 1.11 bits per heavy atom. The summed E-state index contributed by atoms with van der Waals surface area (Å²) in [7, 11) is 0. The number of pyridine rings is 1. The van der Waals surface area contributed by atoms with Crippen LogP contribution in [-0.4, -0.2) is 48.6 Å². The average Bonchev–Trinajstić information content (AvgIpc) is 2.73. The molecule has 1 aromatic heterocycles. The van der Waals surface area contributed by atoms with E-state index in [-0.39, 0.29) is 5.91 Å². The van der Waals surface area contributed by atoms with Crippen LogP contribution in [0, 0.1) is 0 Å². The van der Waals surface area contributed by atoms with Crippen molar-refractivity contribution in [1.29, 1.82) is 0 Å². The van der Waals surface area contributed by atoms with E-state index in [1.54, 1.807) is 6.07 Å². The van der Waals surface area contributed by atoms with Crippen LogP contribution in [0.4, 0.5) is 5.69 Å². The SMILES string of the molecule is O=C(Nc1ccc(CCN2CCOCC2)cc1)c1cc(Cl)nc2ccccc12. The Labute approximate surface area is 169 Å². The van der Waals surface area contributed by atoms with Crippen molar-refractivity contribution in [3.63, 3.8) is 0 Å². The van der Waals surface area contributed by atoms with Gasteiger partial charge in [-0.05, 0) is 36.2 Å². The highest BCUT2D eigenvalue weighted by Crippen LogP contribution is 2.22. The lowest BCUT2D eigenvalue weighted by atomic mass is 10.1. The van der Waals surface area contributed by atoms with E-state index >= 15 is 0 Å². The molecule has 3 aromatic rings. The maximum atomic E-state index is 12.8. The zero-order valence-electron chi connectivity index (χ0n) is 15.5. The summed E-state index contributed by atoms with van der Waals surface area (Å²) in [6, 6.07) is 17.1. The highest BCUT2D eigenvalue weighted by Gasteiger charge is 2.13. The number of rotatable bonds is 5. The van der Waals surface area contributed by atoms with Crippen molar-refractivity contribution in [2.75, 3.05) is 38.2 Å². The molecule has 6 heteroatoms. The van der Waals surface area contributed by atoms with Gasteiger partial charge in [0, 0.05) is 30.7 Å². The lowest BCUT2D eigenvalue weighted by Crippen LogP contribution is -2.37. The zero-order chi connectivity index (χ0) is 19.3. The molecule has 2 heterocycles. The molecule has 144 valence electrons. The first kappa shape index (κ1) is 18.9. The Bertz CT molecular complexity index is 969. The van der Waals surface area contributed by atoms with Crippen molar-refractivity contribution in [3.05, 3.63) is 70.9 Å². The van der Waals surface area contributed by atoms with E-state index < -0.39 is 0 Å². The molecule has 5 nitrogen and oxygen atoms in total. The lowest BCUT2D eigenvalue weighted by molar-refractivity contribution is 0.0384. The normalized spacial score (nSPS) is 14.9. The second-order valence-corrected chi connectivity index (χ2v) is 7.25. The third-order valence-corrected chi connectivity index (χ3v) is 5.16. The molecule has 0 atom stereocenters. The largest absolute Gasteiger partial charge is 0.379 e. The molecule has 1 N–H and O–H groups in total. The summed E-state index contributed by atoms with van der Waals surface area (Å²) in [6.07, 6.45) is 0.985. The molecular weight excluding hydrogens is 374 g/mol. The molecule has 1 fully saturated rings. The second-order valence-electron chi connectivity index (χ2n) is 6.86. The van der Waals surface area contributed by atoms with Crippen LogP contribution < -0.4 is 5.32 Å². The van der Waals surface area contributed by atoms with Crippen LogP contribution in [0.1, 0.15) is 15.9 Å². The summed E-state index contributed by atoms with van der Waals surface area (Å²) < 4.78 is 5.38. The number of aromatic nitrogens is 1. The number of amides is 1. The number of ether oxygens (including phenoxy) is 1. The predicted molar refractivity (Wildman–Crippen MR) is 112 cm³/mol. The number of nitrogens with zero attached hydrogens (tertiary/aromatic N) is 2. The number of carbonyl (C=O) groups is 1. The first-order valence-corrected chi connectivity index (χ1v) is 9.82. The van der Waals surface area contributed by atoms with Crippen LogP contribution in [0.3, 0.4) is 0 Å². The topological polar surface area (TPSA) is 54.5 Å². The molecule has 1 aliphatic rings. The molecule has 0 aliphatic carbocycles. The van der Waals surface area contributed by atoms with Crippen molar-refractivity contribution in [1.82, 2.24) is 9.88 Å². The molecular formula is C22H22ClN3O2. The number of hydrogen-bond donors (Lipinski definition) is 1. The van der Waals surface area contributed by atoms with Gasteiger partial charge in [0.2, 0.25) is 0 Å². The van der Waals surface area contributed by atoms with E-state index in [2.05, 4.69) is 27.3 Å². The molecule has 0 unspecified atom stereocenters. The third kappa shape index (κ3) is 4.50. The number of halogens is 1. The average molecular weight is 396 g/mol. The first-order valence-electron chi connectivity index (χ1n) is 9.45. The van der Waals surface area contributed by atoms with Gasteiger partial charge in [0.1, 0.15) is 5.15 Å². The highest BCUT2D eigenvalue weighted by molar-refractivity contribution is 6.30. The minimum atomic E-state index is -0.193. The number of carbonyl (C=O) groups excluding carboxylic acids is 1. The fourth-order valence-electron chi connectivity index (χ4n) is 3.40. The Hall–Kier alpha value is -2.47. The van der Waals surface area contributed by atoms with Crippen LogP contribution in [0.2, 0.25) is 5.15 Å². The van der Waals surface area contributed by atoms with Gasteiger partial charge in [-0.3, -0.25) is 9.69 Å².